The van der Waals surface area contributed by atoms with Gasteiger partial charge >= 0.3 is 6.09 Å². The molecule has 6 heteroatoms. The van der Waals surface area contributed by atoms with Crippen molar-refractivity contribution in [1.29, 1.82) is 5.26 Å². The number of nitrogens with one attached hydrogen (secondary N) is 2. The number of hydrogen-bond donors (Lipinski definition) is 2. The van der Waals surface area contributed by atoms with Crippen LogP contribution in [0.1, 0.15) is 52.0 Å². The van der Waals surface area contributed by atoms with E-state index >= 15 is 0 Å². The zero-order chi connectivity index (χ0) is 17.7. The molecule has 0 aliphatic heterocycles. The molecular formula is C18H24FN3O2. The van der Waals surface area contributed by atoms with Crippen LogP contribution in [0.3, 0.4) is 0 Å². The van der Waals surface area contributed by atoms with E-state index in [9.17, 15) is 9.18 Å². The van der Waals surface area contributed by atoms with Crippen LogP contribution < -0.4 is 10.6 Å². The Morgan fingerprint density at radius 1 is 1.25 bits per heavy atom. The number of carbonyl (C=O) groups excluding carboxylic acids is 1. The SMILES string of the molecule is CC(C)(C)OC(=O)NC1CCC(Nc2ccc(F)c(C#N)c2)CC1. The standard InChI is InChI=1S/C18H24FN3O2/c1-18(2,3)24-17(23)22-14-6-4-13(5-7-14)21-15-8-9-16(19)12(10-15)11-20/h8-10,13-14,21H,4-7H2,1-3H3,(H,22,23). The summed E-state index contributed by atoms with van der Waals surface area (Å²) >= 11 is 0. The average molecular weight is 333 g/mol. The molecule has 0 bridgehead atoms. The normalized spacial score (nSPS) is 20.8. The molecule has 24 heavy (non-hydrogen) atoms. The number of carbonyl (C=O) groups is 1. The van der Waals surface area contributed by atoms with Gasteiger partial charge in [-0.15, -0.1) is 0 Å². The molecule has 0 aromatic heterocycles. The minimum Gasteiger partial charge on any atom is -0.444 e. The van der Waals surface area contributed by atoms with Crippen molar-refractivity contribution in [2.75, 3.05) is 5.32 Å². The average Bonchev–Trinajstić information content (AvgIpc) is 2.49. The molecule has 2 rings (SSSR count). The summed E-state index contributed by atoms with van der Waals surface area (Å²) in [6.45, 7) is 5.52. The van der Waals surface area contributed by atoms with Gasteiger partial charge in [-0.05, 0) is 64.7 Å². The predicted molar refractivity (Wildman–Crippen MR) is 90.2 cm³/mol. The Hall–Kier alpha value is -2.29. The molecule has 0 radical (unpaired) electrons. The fraction of sp³-hybridized carbons (Fsp3) is 0.556. The first-order valence-corrected chi connectivity index (χ1v) is 8.22. The summed E-state index contributed by atoms with van der Waals surface area (Å²) in [6, 6.07) is 6.67. The molecular weight excluding hydrogens is 309 g/mol. The van der Waals surface area contributed by atoms with Crippen LogP contribution in [0.5, 0.6) is 0 Å². The zero-order valence-corrected chi connectivity index (χ0v) is 14.4. The van der Waals surface area contributed by atoms with Gasteiger partial charge in [0.15, 0.2) is 0 Å². The third-order valence-corrected chi connectivity index (χ3v) is 3.91. The lowest BCUT2D eigenvalue weighted by molar-refractivity contribution is 0.0492. The third kappa shape index (κ3) is 5.41. The molecule has 1 fully saturated rings. The highest BCUT2D eigenvalue weighted by atomic mass is 19.1. The van der Waals surface area contributed by atoms with Crippen molar-refractivity contribution in [2.45, 2.75) is 64.1 Å². The molecule has 1 aromatic carbocycles. The summed E-state index contributed by atoms with van der Waals surface area (Å²) < 4.78 is 18.6. The monoisotopic (exact) mass is 333 g/mol. The van der Waals surface area contributed by atoms with E-state index in [4.69, 9.17) is 10.00 Å². The lowest BCUT2D eigenvalue weighted by atomic mass is 9.91. The van der Waals surface area contributed by atoms with Crippen LogP contribution in [0.2, 0.25) is 0 Å². The van der Waals surface area contributed by atoms with E-state index < -0.39 is 11.4 Å². The van der Waals surface area contributed by atoms with Gasteiger partial charge in [0, 0.05) is 17.8 Å². The van der Waals surface area contributed by atoms with Crippen molar-refractivity contribution < 1.29 is 13.9 Å². The molecule has 0 atom stereocenters. The number of alkyl carbamates (subject to hydrolysis) is 1. The Morgan fingerprint density at radius 3 is 2.46 bits per heavy atom. The maximum absolute atomic E-state index is 13.3. The molecule has 1 saturated carbocycles. The summed E-state index contributed by atoms with van der Waals surface area (Å²) in [5.41, 5.74) is 0.293. The number of halogens is 1. The highest BCUT2D eigenvalue weighted by Gasteiger charge is 2.24. The van der Waals surface area contributed by atoms with Gasteiger partial charge in [-0.3, -0.25) is 0 Å². The Bertz CT molecular complexity index is 626. The minimum atomic E-state index is -0.506. The number of nitrogens with zero attached hydrogens (tertiary/aromatic N) is 1. The fourth-order valence-corrected chi connectivity index (χ4v) is 2.79. The summed E-state index contributed by atoms with van der Waals surface area (Å²) in [7, 11) is 0. The number of nitriles is 1. The maximum Gasteiger partial charge on any atom is 0.407 e. The van der Waals surface area contributed by atoms with Crippen LogP contribution in [-0.4, -0.2) is 23.8 Å². The van der Waals surface area contributed by atoms with Gasteiger partial charge in [0.1, 0.15) is 17.5 Å². The van der Waals surface area contributed by atoms with Crippen LogP contribution in [0, 0.1) is 17.1 Å². The second kappa shape index (κ2) is 7.52. The van der Waals surface area contributed by atoms with E-state index in [0.29, 0.717) is 0 Å². The van der Waals surface area contributed by atoms with Crippen LogP contribution in [0.4, 0.5) is 14.9 Å². The summed E-state index contributed by atoms with van der Waals surface area (Å²) in [6.07, 6.45) is 3.10. The van der Waals surface area contributed by atoms with Crippen LogP contribution in [-0.2, 0) is 4.74 Å². The molecule has 5 nitrogen and oxygen atoms in total. The molecule has 0 spiro atoms. The van der Waals surface area contributed by atoms with E-state index in [-0.39, 0.29) is 23.7 Å². The first-order chi connectivity index (χ1) is 11.3. The second-order valence-corrected chi connectivity index (χ2v) is 7.15. The predicted octanol–water partition coefficient (Wildman–Crippen LogP) is 3.95. The van der Waals surface area contributed by atoms with E-state index in [1.54, 1.807) is 6.07 Å². The van der Waals surface area contributed by atoms with Crippen LogP contribution in [0.15, 0.2) is 18.2 Å². The van der Waals surface area contributed by atoms with Gasteiger partial charge in [-0.25, -0.2) is 9.18 Å². The van der Waals surface area contributed by atoms with Gasteiger partial charge in [0.05, 0.1) is 5.56 Å². The zero-order valence-electron chi connectivity index (χ0n) is 14.4. The molecule has 130 valence electrons. The largest absolute Gasteiger partial charge is 0.444 e. The second-order valence-electron chi connectivity index (χ2n) is 7.15. The van der Waals surface area contributed by atoms with Crippen molar-refractivity contribution in [2.24, 2.45) is 0 Å². The molecule has 2 N–H and O–H groups in total. The van der Waals surface area contributed by atoms with Gasteiger partial charge in [0.25, 0.3) is 0 Å². The lowest BCUT2D eigenvalue weighted by Crippen LogP contribution is -2.42. The summed E-state index contributed by atoms with van der Waals surface area (Å²) in [4.78, 5) is 11.8. The number of hydrogen-bond acceptors (Lipinski definition) is 4. The molecule has 0 unspecified atom stereocenters. The molecule has 1 aliphatic rings. The molecule has 0 heterocycles. The van der Waals surface area contributed by atoms with Crippen molar-refractivity contribution in [3.63, 3.8) is 0 Å². The van der Waals surface area contributed by atoms with Crippen molar-refractivity contribution in [3.8, 4) is 6.07 Å². The third-order valence-electron chi connectivity index (χ3n) is 3.91. The van der Waals surface area contributed by atoms with Crippen molar-refractivity contribution in [3.05, 3.63) is 29.6 Å². The number of amides is 1. The smallest absolute Gasteiger partial charge is 0.407 e. The number of benzene rings is 1. The van der Waals surface area contributed by atoms with Crippen LogP contribution in [0.25, 0.3) is 0 Å². The highest BCUT2D eigenvalue weighted by molar-refractivity contribution is 5.68. The molecule has 1 aliphatic carbocycles. The van der Waals surface area contributed by atoms with E-state index in [2.05, 4.69) is 10.6 Å². The Balaban J connectivity index is 1.81. The van der Waals surface area contributed by atoms with Crippen molar-refractivity contribution >= 4 is 11.8 Å². The molecule has 1 amide bonds. The number of anilines is 1. The summed E-state index contributed by atoms with van der Waals surface area (Å²) in [5, 5.41) is 15.1. The number of ether oxygens (including phenoxy) is 1. The molecule has 1 aromatic rings. The highest BCUT2D eigenvalue weighted by Crippen LogP contribution is 2.23. The minimum absolute atomic E-state index is 0.0419. The summed E-state index contributed by atoms with van der Waals surface area (Å²) in [5.74, 6) is -0.506. The Labute approximate surface area is 142 Å². The van der Waals surface area contributed by atoms with Gasteiger partial charge < -0.3 is 15.4 Å². The van der Waals surface area contributed by atoms with E-state index in [1.165, 1.54) is 12.1 Å². The first-order valence-electron chi connectivity index (χ1n) is 8.22. The van der Waals surface area contributed by atoms with E-state index in [0.717, 1.165) is 31.4 Å². The van der Waals surface area contributed by atoms with Gasteiger partial charge in [-0.1, -0.05) is 0 Å². The fourth-order valence-electron chi connectivity index (χ4n) is 2.79. The van der Waals surface area contributed by atoms with E-state index in [1.807, 2.05) is 26.8 Å². The van der Waals surface area contributed by atoms with Crippen LogP contribution >= 0.6 is 0 Å². The van der Waals surface area contributed by atoms with Crippen molar-refractivity contribution in [1.82, 2.24) is 5.32 Å². The number of rotatable bonds is 3. The maximum atomic E-state index is 13.3. The molecule has 0 saturated heterocycles. The topological polar surface area (TPSA) is 74.2 Å². The Morgan fingerprint density at radius 2 is 1.88 bits per heavy atom. The quantitative estimate of drug-likeness (QED) is 0.878. The first kappa shape index (κ1) is 18.1. The van der Waals surface area contributed by atoms with Gasteiger partial charge in [0.2, 0.25) is 0 Å². The lowest BCUT2D eigenvalue weighted by Gasteiger charge is -2.31. The van der Waals surface area contributed by atoms with Gasteiger partial charge in [-0.2, -0.15) is 5.26 Å². The Kier molecular flexibility index (Phi) is 5.66.